The van der Waals surface area contributed by atoms with Crippen molar-refractivity contribution in [3.8, 4) is 5.75 Å². The summed E-state index contributed by atoms with van der Waals surface area (Å²) in [5.41, 5.74) is -1.21. The Kier molecular flexibility index (Phi) is 6.26. The monoisotopic (exact) mass is 513 g/mol. The zero-order chi connectivity index (χ0) is 26.2. The van der Waals surface area contributed by atoms with Crippen LogP contribution in [0.4, 0.5) is 28.0 Å². The number of hydrogen-bond donors (Lipinski definition) is 1. The molecule has 0 atom stereocenters. The second-order valence-corrected chi connectivity index (χ2v) is 9.02. The molecule has 0 saturated carbocycles. The van der Waals surface area contributed by atoms with Gasteiger partial charge in [0.1, 0.15) is 11.6 Å². The fraction of sp³-hybridized carbons (Fsp3) is 0.259. The number of hydrogen-bond acceptors (Lipinski definition) is 3. The largest absolute Gasteiger partial charge is 0.467 e. The number of ether oxygens (including phenoxy) is 1. The van der Waals surface area contributed by atoms with E-state index in [4.69, 9.17) is 4.74 Å². The van der Waals surface area contributed by atoms with E-state index in [0.717, 1.165) is 6.07 Å². The first-order valence-electron chi connectivity index (χ1n) is 11.7. The summed E-state index contributed by atoms with van der Waals surface area (Å²) in [6.07, 6.45) is -4.13. The summed E-state index contributed by atoms with van der Waals surface area (Å²) < 4.78 is 59.8. The smallest absolute Gasteiger partial charge is 0.418 e. The number of benzene rings is 3. The van der Waals surface area contributed by atoms with Gasteiger partial charge in [0, 0.05) is 32.5 Å². The van der Waals surface area contributed by atoms with Crippen LogP contribution in [0.25, 0.3) is 0 Å². The van der Waals surface area contributed by atoms with E-state index in [1.807, 2.05) is 0 Å². The summed E-state index contributed by atoms with van der Waals surface area (Å²) in [5.74, 6) is -0.209. The molecule has 1 N–H and O–H groups in total. The molecule has 192 valence electrons. The van der Waals surface area contributed by atoms with Crippen LogP contribution in [-0.4, -0.2) is 40.6 Å². The number of alkyl halides is 3. The van der Waals surface area contributed by atoms with Gasteiger partial charge in [-0.3, -0.25) is 9.69 Å². The van der Waals surface area contributed by atoms with Crippen LogP contribution in [0.1, 0.15) is 34.3 Å². The number of nitrogens with one attached hydrogen (secondary N) is 1. The Balaban J connectivity index is 1.36. The van der Waals surface area contributed by atoms with Crippen molar-refractivity contribution in [2.75, 3.05) is 18.4 Å². The summed E-state index contributed by atoms with van der Waals surface area (Å²) >= 11 is 0. The fourth-order valence-electron chi connectivity index (χ4n) is 4.78. The maximum absolute atomic E-state index is 13.5. The van der Waals surface area contributed by atoms with Crippen LogP contribution in [0.5, 0.6) is 5.75 Å². The number of rotatable bonds is 3. The van der Waals surface area contributed by atoms with Crippen molar-refractivity contribution in [3.63, 3.8) is 0 Å². The molecule has 1 fully saturated rings. The number of urea groups is 1. The number of nitrogens with zero attached hydrogens (tertiary/aromatic N) is 2. The summed E-state index contributed by atoms with van der Waals surface area (Å²) in [6, 6.07) is 16.8. The third-order valence-corrected chi connectivity index (χ3v) is 6.71. The quantitative estimate of drug-likeness (QED) is 0.444. The lowest BCUT2D eigenvalue weighted by Gasteiger charge is -2.50. The van der Waals surface area contributed by atoms with Gasteiger partial charge < -0.3 is 15.0 Å². The summed E-state index contributed by atoms with van der Waals surface area (Å²) in [4.78, 5) is 29.4. The van der Waals surface area contributed by atoms with E-state index in [1.54, 1.807) is 41.3 Å². The van der Waals surface area contributed by atoms with Crippen LogP contribution in [0, 0.1) is 5.82 Å². The molecule has 0 unspecified atom stereocenters. The van der Waals surface area contributed by atoms with Gasteiger partial charge in [0.2, 0.25) is 0 Å². The average molecular weight is 513 g/mol. The highest BCUT2D eigenvalue weighted by molar-refractivity contribution is 5.98. The lowest BCUT2D eigenvalue weighted by atomic mass is 9.93. The van der Waals surface area contributed by atoms with E-state index < -0.39 is 29.3 Å². The van der Waals surface area contributed by atoms with Crippen molar-refractivity contribution >= 4 is 17.6 Å². The second kappa shape index (κ2) is 9.42. The first-order valence-corrected chi connectivity index (χ1v) is 11.7. The molecular weight excluding hydrogens is 490 g/mol. The minimum atomic E-state index is -4.61. The summed E-state index contributed by atoms with van der Waals surface area (Å²) in [6.45, 7) is 0.462. The van der Waals surface area contributed by atoms with Crippen molar-refractivity contribution in [1.29, 1.82) is 0 Å². The molecule has 6 nitrogen and oxygen atoms in total. The molecule has 0 aromatic heterocycles. The highest BCUT2D eigenvalue weighted by Gasteiger charge is 2.49. The molecule has 1 spiro atoms. The van der Waals surface area contributed by atoms with Gasteiger partial charge in [-0.1, -0.05) is 36.4 Å². The Hall–Kier alpha value is -4.08. The topological polar surface area (TPSA) is 61.9 Å². The van der Waals surface area contributed by atoms with E-state index >= 15 is 0 Å². The van der Waals surface area contributed by atoms with Gasteiger partial charge in [0.15, 0.2) is 5.72 Å². The molecule has 2 aliphatic heterocycles. The van der Waals surface area contributed by atoms with Crippen LogP contribution in [0.2, 0.25) is 0 Å². The van der Waals surface area contributed by atoms with E-state index in [9.17, 15) is 27.2 Å². The molecule has 0 aliphatic carbocycles. The number of fused-ring (bicyclic) bond motifs is 1. The van der Waals surface area contributed by atoms with E-state index in [2.05, 4.69) is 5.32 Å². The number of likely N-dealkylation sites (tertiary alicyclic amines) is 1. The van der Waals surface area contributed by atoms with Crippen molar-refractivity contribution in [3.05, 3.63) is 95.3 Å². The van der Waals surface area contributed by atoms with E-state index in [-0.39, 0.29) is 44.1 Å². The van der Waals surface area contributed by atoms with Gasteiger partial charge in [0.05, 0.1) is 16.8 Å². The van der Waals surface area contributed by atoms with E-state index in [0.29, 0.717) is 16.9 Å². The number of carbonyl (C=O) groups excluding carboxylic acids is 2. The molecule has 5 rings (SSSR count). The molecule has 10 heteroatoms. The summed E-state index contributed by atoms with van der Waals surface area (Å²) in [5, 5.41) is 2.37. The normalized spacial score (nSPS) is 16.8. The Morgan fingerprint density at radius 2 is 1.59 bits per heavy atom. The molecular formula is C27H23F4N3O3. The SMILES string of the molecule is O=C(Nc1ccccc1C(F)(F)F)N1CCC2(CC1)Oc1ccccc1C(=O)N2Cc1ccc(F)cc1. The first kappa shape index (κ1) is 24.6. The predicted molar refractivity (Wildman–Crippen MR) is 127 cm³/mol. The Bertz CT molecular complexity index is 1320. The maximum atomic E-state index is 13.5. The van der Waals surface area contributed by atoms with Gasteiger partial charge in [-0.25, -0.2) is 9.18 Å². The molecule has 3 aromatic carbocycles. The highest BCUT2D eigenvalue weighted by Crippen LogP contribution is 2.41. The lowest BCUT2D eigenvalue weighted by Crippen LogP contribution is -2.63. The van der Waals surface area contributed by atoms with Crippen molar-refractivity contribution < 1.29 is 31.9 Å². The van der Waals surface area contributed by atoms with Crippen LogP contribution in [0.3, 0.4) is 0 Å². The first-order chi connectivity index (χ1) is 17.7. The number of para-hydroxylation sites is 2. The molecule has 2 heterocycles. The molecule has 3 amide bonds. The Morgan fingerprint density at radius 3 is 2.30 bits per heavy atom. The molecule has 0 bridgehead atoms. The van der Waals surface area contributed by atoms with Gasteiger partial charge in [-0.05, 0) is 42.0 Å². The number of carbonyl (C=O) groups is 2. The predicted octanol–water partition coefficient (Wildman–Crippen LogP) is 5.90. The average Bonchev–Trinajstić information content (AvgIpc) is 2.88. The zero-order valence-electron chi connectivity index (χ0n) is 19.6. The molecule has 3 aromatic rings. The number of halogens is 4. The number of piperidine rings is 1. The van der Waals surface area contributed by atoms with Crippen molar-refractivity contribution in [2.45, 2.75) is 31.3 Å². The van der Waals surface area contributed by atoms with Crippen LogP contribution < -0.4 is 10.1 Å². The number of anilines is 1. The van der Waals surface area contributed by atoms with Gasteiger partial charge in [-0.15, -0.1) is 0 Å². The molecule has 0 radical (unpaired) electrons. The van der Waals surface area contributed by atoms with Gasteiger partial charge in [0.25, 0.3) is 5.91 Å². The minimum Gasteiger partial charge on any atom is -0.467 e. The van der Waals surface area contributed by atoms with Crippen LogP contribution >= 0.6 is 0 Å². The molecule has 2 aliphatic rings. The highest BCUT2D eigenvalue weighted by atomic mass is 19.4. The van der Waals surface area contributed by atoms with Gasteiger partial charge in [-0.2, -0.15) is 13.2 Å². The third-order valence-electron chi connectivity index (χ3n) is 6.71. The second-order valence-electron chi connectivity index (χ2n) is 9.02. The molecule has 1 saturated heterocycles. The van der Waals surface area contributed by atoms with Crippen molar-refractivity contribution in [2.24, 2.45) is 0 Å². The summed E-state index contributed by atoms with van der Waals surface area (Å²) in [7, 11) is 0. The standard InChI is InChI=1S/C27H23F4N3O3/c28-19-11-9-18(10-12-19)17-34-24(35)20-5-1-4-8-23(20)37-26(34)13-15-33(16-14-26)25(36)32-22-7-3-2-6-21(22)27(29,30)31/h1-12H,13-17H2,(H,32,36). The lowest BCUT2D eigenvalue weighted by molar-refractivity contribution is -0.136. The molecule has 37 heavy (non-hydrogen) atoms. The zero-order valence-corrected chi connectivity index (χ0v) is 19.6. The maximum Gasteiger partial charge on any atom is 0.418 e. The van der Waals surface area contributed by atoms with Crippen LogP contribution in [-0.2, 0) is 12.7 Å². The third kappa shape index (κ3) is 4.83. The Labute approximate surface area is 210 Å². The Morgan fingerprint density at radius 1 is 0.946 bits per heavy atom. The van der Waals surface area contributed by atoms with Gasteiger partial charge >= 0.3 is 12.2 Å². The number of amides is 3. The van der Waals surface area contributed by atoms with Crippen LogP contribution in [0.15, 0.2) is 72.8 Å². The van der Waals surface area contributed by atoms with Crippen molar-refractivity contribution in [1.82, 2.24) is 9.80 Å². The minimum absolute atomic E-state index is 0.148. The fourth-order valence-corrected chi connectivity index (χ4v) is 4.78. The van der Waals surface area contributed by atoms with E-state index in [1.165, 1.54) is 35.2 Å².